The predicted octanol–water partition coefficient (Wildman–Crippen LogP) is 2.04. The molecule has 0 aromatic rings. The average Bonchev–Trinajstić information content (AvgIpc) is 2.32. The molecular weight excluding hydrogens is 210 g/mol. The van der Waals surface area contributed by atoms with Gasteiger partial charge in [-0.05, 0) is 40.0 Å². The van der Waals surface area contributed by atoms with Crippen molar-refractivity contribution in [2.24, 2.45) is 0 Å². The Bertz CT molecular complexity index is 147. The zero-order valence-corrected chi connectivity index (χ0v) is 12.8. The van der Waals surface area contributed by atoms with Crippen LogP contribution in [0.5, 0.6) is 0 Å². The van der Waals surface area contributed by atoms with Gasteiger partial charge in [-0.15, -0.1) is 0 Å². The molecule has 0 aromatic carbocycles. The lowest BCUT2D eigenvalue weighted by Gasteiger charge is -2.29. The summed E-state index contributed by atoms with van der Waals surface area (Å²) in [6, 6.07) is 1.27. The van der Waals surface area contributed by atoms with Crippen LogP contribution in [0.15, 0.2) is 0 Å². The van der Waals surface area contributed by atoms with E-state index in [0.717, 1.165) is 39.3 Å². The van der Waals surface area contributed by atoms with Crippen LogP contribution in [-0.2, 0) is 0 Å². The van der Waals surface area contributed by atoms with E-state index in [0.29, 0.717) is 12.1 Å². The first-order valence-electron chi connectivity index (χ1n) is 7.29. The maximum Gasteiger partial charge on any atom is 0.0192 e. The van der Waals surface area contributed by atoms with Crippen LogP contribution in [0, 0.1) is 0 Å². The topological polar surface area (TPSA) is 18.5 Å². The van der Waals surface area contributed by atoms with Gasteiger partial charge in [0, 0.05) is 25.2 Å². The van der Waals surface area contributed by atoms with Crippen molar-refractivity contribution in [2.45, 2.75) is 53.6 Å². The summed E-state index contributed by atoms with van der Waals surface area (Å²) in [4.78, 5) is 4.99. The smallest absolute Gasteiger partial charge is 0.0192 e. The van der Waals surface area contributed by atoms with Crippen molar-refractivity contribution in [3.8, 4) is 0 Å². The van der Waals surface area contributed by atoms with E-state index in [1.54, 1.807) is 0 Å². The van der Waals surface area contributed by atoms with Crippen LogP contribution in [0.2, 0.25) is 0 Å². The van der Waals surface area contributed by atoms with E-state index >= 15 is 0 Å². The third-order valence-corrected chi connectivity index (χ3v) is 3.75. The van der Waals surface area contributed by atoms with Crippen molar-refractivity contribution >= 4 is 0 Å². The van der Waals surface area contributed by atoms with Gasteiger partial charge in [0.05, 0.1) is 0 Å². The second-order valence-electron chi connectivity index (χ2n) is 4.80. The summed E-state index contributed by atoms with van der Waals surface area (Å²) in [5, 5.41) is 3.60. The Morgan fingerprint density at radius 3 is 1.24 bits per heavy atom. The first kappa shape index (κ1) is 16.9. The number of nitrogens with one attached hydrogen (secondary N) is 1. The second-order valence-corrected chi connectivity index (χ2v) is 4.80. The summed E-state index contributed by atoms with van der Waals surface area (Å²) in [5.74, 6) is 0. The molecule has 0 aliphatic heterocycles. The van der Waals surface area contributed by atoms with Crippen molar-refractivity contribution in [1.82, 2.24) is 15.1 Å². The van der Waals surface area contributed by atoms with Gasteiger partial charge in [-0.25, -0.2) is 0 Å². The van der Waals surface area contributed by atoms with Gasteiger partial charge in [-0.1, -0.05) is 27.7 Å². The molecule has 2 unspecified atom stereocenters. The SMILES string of the molecule is CCN(CC)C(C)CNCC(C)N(CC)CC. The molecule has 0 aromatic heterocycles. The second kappa shape index (κ2) is 9.86. The van der Waals surface area contributed by atoms with Gasteiger partial charge in [0.1, 0.15) is 0 Å². The van der Waals surface area contributed by atoms with Crippen molar-refractivity contribution < 1.29 is 0 Å². The number of hydrogen-bond donors (Lipinski definition) is 1. The molecular formula is C14H33N3. The fourth-order valence-electron chi connectivity index (χ4n) is 2.45. The van der Waals surface area contributed by atoms with Gasteiger partial charge < -0.3 is 5.32 Å². The number of hydrogen-bond acceptors (Lipinski definition) is 3. The van der Waals surface area contributed by atoms with Gasteiger partial charge in [0.2, 0.25) is 0 Å². The lowest BCUT2D eigenvalue weighted by atomic mass is 10.2. The lowest BCUT2D eigenvalue weighted by molar-refractivity contribution is 0.203. The van der Waals surface area contributed by atoms with Gasteiger partial charge >= 0.3 is 0 Å². The summed E-state index contributed by atoms with van der Waals surface area (Å²) in [5.41, 5.74) is 0. The molecule has 0 rings (SSSR count). The minimum Gasteiger partial charge on any atom is -0.314 e. The summed E-state index contributed by atoms with van der Waals surface area (Å²) >= 11 is 0. The normalized spacial score (nSPS) is 15.5. The molecule has 0 amide bonds. The minimum absolute atomic E-state index is 0.633. The largest absolute Gasteiger partial charge is 0.314 e. The molecule has 0 saturated heterocycles. The Kier molecular flexibility index (Phi) is 9.79. The molecule has 104 valence electrons. The molecule has 3 heteroatoms. The summed E-state index contributed by atoms with van der Waals surface area (Å²) in [6.45, 7) is 20.3. The van der Waals surface area contributed by atoms with Crippen LogP contribution in [0.25, 0.3) is 0 Å². The van der Waals surface area contributed by atoms with Crippen molar-refractivity contribution in [2.75, 3.05) is 39.3 Å². The van der Waals surface area contributed by atoms with Gasteiger partial charge in [-0.2, -0.15) is 0 Å². The zero-order valence-electron chi connectivity index (χ0n) is 12.8. The highest BCUT2D eigenvalue weighted by atomic mass is 15.2. The molecule has 2 atom stereocenters. The number of likely N-dealkylation sites (N-methyl/N-ethyl adjacent to an activating group) is 2. The van der Waals surface area contributed by atoms with Crippen molar-refractivity contribution in [3.05, 3.63) is 0 Å². The van der Waals surface area contributed by atoms with E-state index in [1.165, 1.54) is 0 Å². The van der Waals surface area contributed by atoms with Crippen molar-refractivity contribution in [1.29, 1.82) is 0 Å². The molecule has 3 nitrogen and oxygen atoms in total. The average molecular weight is 243 g/mol. The van der Waals surface area contributed by atoms with E-state index in [9.17, 15) is 0 Å². The molecule has 0 aliphatic rings. The third kappa shape index (κ3) is 6.39. The lowest BCUT2D eigenvalue weighted by Crippen LogP contribution is -2.45. The maximum absolute atomic E-state index is 3.60. The highest BCUT2D eigenvalue weighted by Gasteiger charge is 2.12. The van der Waals surface area contributed by atoms with Gasteiger partial charge in [-0.3, -0.25) is 9.80 Å². The summed E-state index contributed by atoms with van der Waals surface area (Å²) in [7, 11) is 0. The van der Waals surface area contributed by atoms with Crippen LogP contribution < -0.4 is 5.32 Å². The van der Waals surface area contributed by atoms with E-state index in [4.69, 9.17) is 0 Å². The van der Waals surface area contributed by atoms with Crippen LogP contribution in [0.3, 0.4) is 0 Å². The molecule has 0 heterocycles. The molecule has 17 heavy (non-hydrogen) atoms. The van der Waals surface area contributed by atoms with Gasteiger partial charge in [0.15, 0.2) is 0 Å². The van der Waals surface area contributed by atoms with E-state index in [1.807, 2.05) is 0 Å². The molecule has 0 radical (unpaired) electrons. The summed E-state index contributed by atoms with van der Waals surface area (Å²) in [6.07, 6.45) is 0. The first-order valence-corrected chi connectivity index (χ1v) is 7.29. The monoisotopic (exact) mass is 243 g/mol. The molecule has 0 fully saturated rings. The predicted molar refractivity (Wildman–Crippen MR) is 77.6 cm³/mol. The number of rotatable bonds is 10. The van der Waals surface area contributed by atoms with Crippen LogP contribution >= 0.6 is 0 Å². The molecule has 0 spiro atoms. The molecule has 0 bridgehead atoms. The van der Waals surface area contributed by atoms with Crippen LogP contribution in [-0.4, -0.2) is 61.2 Å². The minimum atomic E-state index is 0.633. The maximum atomic E-state index is 3.60. The number of nitrogens with zero attached hydrogens (tertiary/aromatic N) is 2. The molecule has 0 aliphatic carbocycles. The Morgan fingerprint density at radius 2 is 1.00 bits per heavy atom. The Hall–Kier alpha value is -0.120. The summed E-state index contributed by atoms with van der Waals surface area (Å²) < 4.78 is 0. The van der Waals surface area contributed by atoms with E-state index < -0.39 is 0 Å². The third-order valence-electron chi connectivity index (χ3n) is 3.75. The Balaban J connectivity index is 3.82. The van der Waals surface area contributed by atoms with E-state index in [-0.39, 0.29) is 0 Å². The Labute approximate surface area is 109 Å². The zero-order chi connectivity index (χ0) is 13.3. The van der Waals surface area contributed by atoms with Crippen LogP contribution in [0.4, 0.5) is 0 Å². The highest BCUT2D eigenvalue weighted by molar-refractivity contribution is 4.71. The van der Waals surface area contributed by atoms with Crippen molar-refractivity contribution in [3.63, 3.8) is 0 Å². The fourth-order valence-corrected chi connectivity index (χ4v) is 2.45. The molecule has 1 N–H and O–H groups in total. The first-order chi connectivity index (χ1) is 8.10. The Morgan fingerprint density at radius 1 is 0.706 bits per heavy atom. The highest BCUT2D eigenvalue weighted by Crippen LogP contribution is 1.99. The quantitative estimate of drug-likeness (QED) is 0.633. The molecule has 0 saturated carbocycles. The van der Waals surface area contributed by atoms with Gasteiger partial charge in [0.25, 0.3) is 0 Å². The van der Waals surface area contributed by atoms with E-state index in [2.05, 4.69) is 56.7 Å². The fraction of sp³-hybridized carbons (Fsp3) is 1.00. The standard InChI is InChI=1S/C14H33N3/c1-7-16(8-2)13(5)11-15-12-14(6)17(9-3)10-4/h13-15H,7-12H2,1-6H3. The van der Waals surface area contributed by atoms with Crippen LogP contribution in [0.1, 0.15) is 41.5 Å².